The first-order valence-corrected chi connectivity index (χ1v) is 9.39. The molecule has 0 aliphatic rings. The fourth-order valence-electron chi connectivity index (χ4n) is 2.43. The molecule has 1 amide bonds. The van der Waals surface area contributed by atoms with E-state index in [1.807, 2.05) is 6.92 Å². The van der Waals surface area contributed by atoms with E-state index in [1.54, 1.807) is 24.3 Å². The topological polar surface area (TPSA) is 88.7 Å². The van der Waals surface area contributed by atoms with Gasteiger partial charge in [-0.25, -0.2) is 4.99 Å². The summed E-state index contributed by atoms with van der Waals surface area (Å²) in [5.41, 5.74) is 6.85. The molecule has 0 radical (unpaired) electrons. The van der Waals surface area contributed by atoms with Gasteiger partial charge in [-0.3, -0.25) is 4.79 Å². The zero-order chi connectivity index (χ0) is 21.4. The van der Waals surface area contributed by atoms with E-state index < -0.39 is 12.5 Å². The Morgan fingerprint density at radius 1 is 1.20 bits per heavy atom. The molecule has 30 heavy (non-hydrogen) atoms. The van der Waals surface area contributed by atoms with Crippen molar-refractivity contribution in [3.8, 4) is 5.75 Å². The predicted molar refractivity (Wildman–Crippen MR) is 125 cm³/mol. The number of nitrogens with zero attached hydrogens (tertiary/aromatic N) is 1. The van der Waals surface area contributed by atoms with E-state index in [2.05, 4.69) is 20.4 Å². The van der Waals surface area contributed by atoms with Crippen molar-refractivity contribution in [1.29, 1.82) is 0 Å². The van der Waals surface area contributed by atoms with Crippen LogP contribution in [0.15, 0.2) is 41.4 Å². The maximum Gasteiger partial charge on any atom is 0.387 e. The van der Waals surface area contributed by atoms with Crippen LogP contribution in [0.5, 0.6) is 5.75 Å². The average Bonchev–Trinajstić information content (AvgIpc) is 2.66. The Bertz CT molecular complexity index is 884. The monoisotopic (exact) mass is 572 g/mol. The lowest BCUT2D eigenvalue weighted by Gasteiger charge is -2.16. The van der Waals surface area contributed by atoms with Crippen LogP contribution in [-0.4, -0.2) is 25.0 Å². The maximum atomic E-state index is 12.7. The number of rotatable bonds is 8. The molecule has 2 rings (SSSR count). The van der Waals surface area contributed by atoms with Crippen molar-refractivity contribution in [3.05, 3.63) is 63.1 Å². The third-order valence-electron chi connectivity index (χ3n) is 3.74. The molecule has 6 nitrogen and oxygen atoms in total. The van der Waals surface area contributed by atoms with Gasteiger partial charge in [0, 0.05) is 29.2 Å². The number of carbonyl (C=O) groups is 1. The Hall–Kier alpha value is -1.85. The van der Waals surface area contributed by atoms with E-state index in [9.17, 15) is 13.6 Å². The summed E-state index contributed by atoms with van der Waals surface area (Å²) < 4.78 is 29.9. The van der Waals surface area contributed by atoms with Gasteiger partial charge in [-0.05, 0) is 36.8 Å². The number of benzene rings is 2. The summed E-state index contributed by atoms with van der Waals surface area (Å²) in [4.78, 5) is 15.6. The van der Waals surface area contributed by atoms with Crippen LogP contribution in [0.4, 0.5) is 8.78 Å². The Labute approximate surface area is 200 Å². The molecule has 2 aromatic rings. The van der Waals surface area contributed by atoms with Gasteiger partial charge in [-0.1, -0.05) is 35.3 Å². The Morgan fingerprint density at radius 3 is 2.43 bits per heavy atom. The lowest BCUT2D eigenvalue weighted by molar-refractivity contribution is -0.0504. The number of amides is 1. The molecule has 2 aromatic carbocycles. The van der Waals surface area contributed by atoms with Crippen LogP contribution in [0.3, 0.4) is 0 Å². The largest absolute Gasteiger partial charge is 0.433 e. The molecule has 11 heteroatoms. The van der Waals surface area contributed by atoms with Gasteiger partial charge < -0.3 is 21.1 Å². The number of halogens is 5. The van der Waals surface area contributed by atoms with Gasteiger partial charge in [0.25, 0.3) is 0 Å². The van der Waals surface area contributed by atoms with E-state index in [0.29, 0.717) is 35.2 Å². The van der Waals surface area contributed by atoms with Gasteiger partial charge in [0.1, 0.15) is 5.75 Å². The van der Waals surface area contributed by atoms with Crippen molar-refractivity contribution in [2.75, 3.05) is 6.54 Å². The van der Waals surface area contributed by atoms with Crippen LogP contribution >= 0.6 is 47.2 Å². The fraction of sp³-hybridized carbons (Fsp3) is 0.263. The van der Waals surface area contributed by atoms with Crippen LogP contribution in [-0.2, 0) is 13.1 Å². The van der Waals surface area contributed by atoms with Crippen LogP contribution in [0.25, 0.3) is 0 Å². The smallest absolute Gasteiger partial charge is 0.387 e. The SMILES string of the molecule is CCNC(=NCc1ccc(C(N)=O)cc1)NCc1cc(Cl)cc(Cl)c1OC(F)F.I. The first-order chi connectivity index (χ1) is 13.8. The average molecular weight is 573 g/mol. The van der Waals surface area contributed by atoms with E-state index in [1.165, 1.54) is 12.1 Å². The van der Waals surface area contributed by atoms with Crippen molar-refractivity contribution < 1.29 is 18.3 Å². The number of aliphatic imine (C=N–C) groups is 1. The molecule has 0 saturated heterocycles. The number of primary amides is 1. The van der Waals surface area contributed by atoms with E-state index in [4.69, 9.17) is 28.9 Å². The Balaban J connectivity index is 0.00000450. The zero-order valence-corrected chi connectivity index (χ0v) is 19.8. The molecule has 164 valence electrons. The van der Waals surface area contributed by atoms with Crippen LogP contribution in [0.1, 0.15) is 28.4 Å². The third kappa shape index (κ3) is 8.11. The van der Waals surface area contributed by atoms with Crippen molar-refractivity contribution in [1.82, 2.24) is 10.6 Å². The number of alkyl halides is 2. The van der Waals surface area contributed by atoms with Crippen LogP contribution < -0.4 is 21.1 Å². The second-order valence-corrected chi connectivity index (χ2v) is 6.71. The van der Waals surface area contributed by atoms with Crippen molar-refractivity contribution in [2.45, 2.75) is 26.6 Å². The number of nitrogens with one attached hydrogen (secondary N) is 2. The summed E-state index contributed by atoms with van der Waals surface area (Å²) >= 11 is 12.0. The molecule has 0 fully saturated rings. The summed E-state index contributed by atoms with van der Waals surface area (Å²) in [7, 11) is 0. The van der Waals surface area contributed by atoms with E-state index in [-0.39, 0.29) is 41.3 Å². The molecule has 0 bridgehead atoms. The molecule has 0 unspecified atom stereocenters. The number of guanidine groups is 1. The molecule has 0 atom stereocenters. The van der Waals surface area contributed by atoms with Crippen molar-refractivity contribution >= 4 is 59.0 Å². The first-order valence-electron chi connectivity index (χ1n) is 8.63. The normalized spacial score (nSPS) is 11.1. The maximum absolute atomic E-state index is 12.7. The van der Waals surface area contributed by atoms with Crippen molar-refractivity contribution in [2.24, 2.45) is 10.7 Å². The minimum absolute atomic E-state index is 0. The second kappa shape index (κ2) is 12.8. The van der Waals surface area contributed by atoms with Gasteiger partial charge in [-0.2, -0.15) is 8.78 Å². The molecular formula is C19H21Cl2F2IN4O2. The summed E-state index contributed by atoms with van der Waals surface area (Å²) in [6.45, 7) is -0.110. The highest BCUT2D eigenvalue weighted by molar-refractivity contribution is 14.0. The van der Waals surface area contributed by atoms with Gasteiger partial charge in [-0.15, -0.1) is 24.0 Å². The van der Waals surface area contributed by atoms with Crippen molar-refractivity contribution in [3.63, 3.8) is 0 Å². The molecule has 0 aliphatic carbocycles. The minimum atomic E-state index is -3.02. The summed E-state index contributed by atoms with van der Waals surface area (Å²) in [6, 6.07) is 9.56. The zero-order valence-electron chi connectivity index (χ0n) is 15.9. The van der Waals surface area contributed by atoms with Gasteiger partial charge >= 0.3 is 6.61 Å². The molecule has 0 aromatic heterocycles. The highest BCUT2D eigenvalue weighted by Gasteiger charge is 2.15. The number of hydrogen-bond acceptors (Lipinski definition) is 3. The summed E-state index contributed by atoms with van der Waals surface area (Å²) in [5, 5.41) is 6.37. The highest BCUT2D eigenvalue weighted by atomic mass is 127. The molecular weight excluding hydrogens is 552 g/mol. The predicted octanol–water partition coefficient (Wildman–Crippen LogP) is 4.57. The number of nitrogens with two attached hydrogens (primary N) is 1. The van der Waals surface area contributed by atoms with Crippen LogP contribution in [0.2, 0.25) is 10.0 Å². The number of ether oxygens (including phenoxy) is 1. The lowest BCUT2D eigenvalue weighted by atomic mass is 10.1. The molecule has 0 aliphatic heterocycles. The van der Waals surface area contributed by atoms with Gasteiger partial charge in [0.15, 0.2) is 5.96 Å². The first kappa shape index (κ1) is 26.2. The molecule has 0 spiro atoms. The highest BCUT2D eigenvalue weighted by Crippen LogP contribution is 2.33. The Kier molecular flexibility index (Phi) is 11.1. The quantitative estimate of drug-likeness (QED) is 0.246. The van der Waals surface area contributed by atoms with Gasteiger partial charge in [0.2, 0.25) is 5.91 Å². The standard InChI is InChI=1S/C19H20Cl2F2N4O2.HI/c1-2-25-19(26-9-11-3-5-12(6-4-11)17(24)28)27-10-13-7-14(20)8-15(21)16(13)29-18(22)23;/h3-8,18H,2,9-10H2,1H3,(H2,24,28)(H2,25,26,27);1H. The molecule has 4 N–H and O–H groups in total. The lowest BCUT2D eigenvalue weighted by Crippen LogP contribution is -2.37. The second-order valence-electron chi connectivity index (χ2n) is 5.86. The van der Waals surface area contributed by atoms with Crippen LogP contribution in [0, 0.1) is 0 Å². The summed E-state index contributed by atoms with van der Waals surface area (Å²) in [6.07, 6.45) is 0. The molecule has 0 heterocycles. The van der Waals surface area contributed by atoms with Gasteiger partial charge in [0.05, 0.1) is 11.6 Å². The number of carbonyl (C=O) groups excluding carboxylic acids is 1. The fourth-order valence-corrected chi connectivity index (χ4v) is 3.01. The Morgan fingerprint density at radius 2 is 1.87 bits per heavy atom. The van der Waals surface area contributed by atoms with E-state index >= 15 is 0 Å². The minimum Gasteiger partial charge on any atom is -0.433 e. The summed E-state index contributed by atoms with van der Waals surface area (Å²) in [5.74, 6) is -0.195. The number of hydrogen-bond donors (Lipinski definition) is 3. The van der Waals surface area contributed by atoms with E-state index in [0.717, 1.165) is 5.56 Å². The third-order valence-corrected chi connectivity index (χ3v) is 4.24. The molecule has 0 saturated carbocycles.